The molecular formula is C11H14N2O5. The third kappa shape index (κ3) is 4.04. The molecule has 7 heteroatoms. The minimum Gasteiger partial charge on any atom is -0.507 e. The van der Waals surface area contributed by atoms with Gasteiger partial charge in [-0.3, -0.25) is 4.79 Å². The van der Waals surface area contributed by atoms with Crippen molar-refractivity contribution < 1.29 is 24.5 Å². The summed E-state index contributed by atoms with van der Waals surface area (Å²) >= 11 is 0. The van der Waals surface area contributed by atoms with Crippen LogP contribution in [0.4, 0.5) is 5.69 Å². The van der Waals surface area contributed by atoms with E-state index in [9.17, 15) is 14.7 Å². The minimum absolute atomic E-state index is 0.166. The summed E-state index contributed by atoms with van der Waals surface area (Å²) in [6.45, 7) is 0.416. The van der Waals surface area contributed by atoms with Crippen LogP contribution in [-0.4, -0.2) is 41.8 Å². The van der Waals surface area contributed by atoms with Gasteiger partial charge < -0.3 is 26.0 Å². The number of carbonyl (C=O) groups excluding carboxylic acids is 1. The Morgan fingerprint density at radius 1 is 1.39 bits per heavy atom. The largest absolute Gasteiger partial charge is 0.507 e. The molecule has 1 aromatic rings. The predicted molar refractivity (Wildman–Crippen MR) is 63.6 cm³/mol. The number of hydrogen-bond acceptors (Lipinski definition) is 5. The van der Waals surface area contributed by atoms with Gasteiger partial charge in [0.15, 0.2) is 0 Å². The van der Waals surface area contributed by atoms with Crippen LogP contribution in [-0.2, 0) is 9.53 Å². The molecule has 0 aliphatic carbocycles. The zero-order chi connectivity index (χ0) is 13.5. The SMILES string of the molecule is NCCOCC(=O)Nc1ccc(O)c(C(=O)O)c1. The predicted octanol–water partition coefficient (Wildman–Crippen LogP) is 0.00420. The maximum atomic E-state index is 11.4. The lowest BCUT2D eigenvalue weighted by atomic mass is 10.2. The first kappa shape index (κ1) is 13.9. The number of rotatable bonds is 6. The van der Waals surface area contributed by atoms with Gasteiger partial charge in [0.2, 0.25) is 5.91 Å². The number of phenols is 1. The second-order valence-corrected chi connectivity index (χ2v) is 3.43. The maximum absolute atomic E-state index is 11.4. The average Bonchev–Trinajstić information content (AvgIpc) is 2.31. The van der Waals surface area contributed by atoms with Crippen LogP contribution in [0.2, 0.25) is 0 Å². The molecule has 0 aromatic heterocycles. The number of nitrogens with two attached hydrogens (primary N) is 1. The molecule has 0 saturated carbocycles. The van der Waals surface area contributed by atoms with Crippen LogP contribution >= 0.6 is 0 Å². The van der Waals surface area contributed by atoms with Gasteiger partial charge in [0.25, 0.3) is 0 Å². The standard InChI is InChI=1S/C11H14N2O5/c12-3-4-18-6-10(15)13-7-1-2-9(14)8(5-7)11(16)17/h1-2,5,14H,3-4,6,12H2,(H,13,15)(H,16,17). The number of benzene rings is 1. The van der Waals surface area contributed by atoms with Crippen molar-refractivity contribution in [3.05, 3.63) is 23.8 Å². The first-order valence-corrected chi connectivity index (χ1v) is 5.18. The smallest absolute Gasteiger partial charge is 0.339 e. The molecule has 18 heavy (non-hydrogen) atoms. The maximum Gasteiger partial charge on any atom is 0.339 e. The van der Waals surface area contributed by atoms with Gasteiger partial charge in [-0.25, -0.2) is 4.79 Å². The Morgan fingerprint density at radius 2 is 2.11 bits per heavy atom. The van der Waals surface area contributed by atoms with E-state index in [1.54, 1.807) is 0 Å². The van der Waals surface area contributed by atoms with Crippen molar-refractivity contribution in [3.63, 3.8) is 0 Å². The monoisotopic (exact) mass is 254 g/mol. The van der Waals surface area contributed by atoms with Gasteiger partial charge in [0.05, 0.1) is 6.61 Å². The normalized spacial score (nSPS) is 10.1. The van der Waals surface area contributed by atoms with Crippen LogP contribution in [0.3, 0.4) is 0 Å². The Balaban J connectivity index is 2.65. The molecular weight excluding hydrogens is 240 g/mol. The zero-order valence-electron chi connectivity index (χ0n) is 9.55. The van der Waals surface area contributed by atoms with E-state index >= 15 is 0 Å². The molecule has 1 rings (SSSR count). The second-order valence-electron chi connectivity index (χ2n) is 3.43. The van der Waals surface area contributed by atoms with Crippen LogP contribution in [0, 0.1) is 0 Å². The molecule has 98 valence electrons. The van der Waals surface area contributed by atoms with Gasteiger partial charge in [0.1, 0.15) is 17.9 Å². The fourth-order valence-corrected chi connectivity index (χ4v) is 1.23. The zero-order valence-corrected chi connectivity index (χ0v) is 9.55. The number of hydrogen-bond donors (Lipinski definition) is 4. The lowest BCUT2D eigenvalue weighted by molar-refractivity contribution is -0.120. The van der Waals surface area contributed by atoms with Crippen molar-refractivity contribution in [1.29, 1.82) is 0 Å². The summed E-state index contributed by atoms with van der Waals surface area (Å²) in [6.07, 6.45) is 0. The first-order chi connectivity index (χ1) is 8.54. The van der Waals surface area contributed by atoms with E-state index in [1.165, 1.54) is 18.2 Å². The van der Waals surface area contributed by atoms with Crippen molar-refractivity contribution in [2.45, 2.75) is 0 Å². The van der Waals surface area contributed by atoms with Gasteiger partial charge in [-0.2, -0.15) is 0 Å². The molecule has 0 saturated heterocycles. The summed E-state index contributed by atoms with van der Waals surface area (Å²) in [5.74, 6) is -2.06. The van der Waals surface area contributed by atoms with Crippen molar-refractivity contribution in [3.8, 4) is 5.75 Å². The minimum atomic E-state index is -1.28. The van der Waals surface area contributed by atoms with Crippen molar-refractivity contribution in [1.82, 2.24) is 0 Å². The lowest BCUT2D eigenvalue weighted by Crippen LogP contribution is -2.20. The van der Waals surface area contributed by atoms with Crippen LogP contribution in [0.1, 0.15) is 10.4 Å². The van der Waals surface area contributed by atoms with E-state index in [0.29, 0.717) is 6.54 Å². The van der Waals surface area contributed by atoms with Gasteiger partial charge in [-0.05, 0) is 18.2 Å². The number of aromatic hydroxyl groups is 1. The molecule has 0 unspecified atom stereocenters. The quantitative estimate of drug-likeness (QED) is 0.419. The highest BCUT2D eigenvalue weighted by molar-refractivity contribution is 5.95. The summed E-state index contributed by atoms with van der Waals surface area (Å²) in [4.78, 5) is 22.1. The highest BCUT2D eigenvalue weighted by Crippen LogP contribution is 2.21. The van der Waals surface area contributed by atoms with Crippen LogP contribution in [0.25, 0.3) is 0 Å². The molecule has 0 atom stereocenters. The summed E-state index contributed by atoms with van der Waals surface area (Å²) in [6, 6.07) is 3.75. The van der Waals surface area contributed by atoms with E-state index in [2.05, 4.69) is 5.32 Å². The van der Waals surface area contributed by atoms with E-state index in [0.717, 1.165) is 0 Å². The first-order valence-electron chi connectivity index (χ1n) is 5.18. The number of aromatic carboxylic acids is 1. The molecule has 0 spiro atoms. The molecule has 7 nitrogen and oxygen atoms in total. The highest BCUT2D eigenvalue weighted by Gasteiger charge is 2.11. The van der Waals surface area contributed by atoms with E-state index in [-0.39, 0.29) is 30.2 Å². The highest BCUT2D eigenvalue weighted by atomic mass is 16.5. The average molecular weight is 254 g/mol. The molecule has 1 aromatic carbocycles. The van der Waals surface area contributed by atoms with Gasteiger partial charge in [-0.15, -0.1) is 0 Å². The topological polar surface area (TPSA) is 122 Å². The number of amides is 1. The van der Waals surface area contributed by atoms with E-state index in [4.69, 9.17) is 15.6 Å². The molecule has 0 radical (unpaired) electrons. The number of ether oxygens (including phenoxy) is 1. The van der Waals surface area contributed by atoms with Gasteiger partial charge in [-0.1, -0.05) is 0 Å². The Kier molecular flexibility index (Phi) is 5.09. The second kappa shape index (κ2) is 6.58. The Hall–Kier alpha value is -2.12. The van der Waals surface area contributed by atoms with Crippen molar-refractivity contribution in [2.24, 2.45) is 5.73 Å². The number of carbonyl (C=O) groups is 2. The van der Waals surface area contributed by atoms with E-state index < -0.39 is 11.9 Å². The molecule has 0 aliphatic heterocycles. The molecule has 5 N–H and O–H groups in total. The Labute approximate surface area is 103 Å². The number of carboxylic acids is 1. The van der Waals surface area contributed by atoms with E-state index in [1.807, 2.05) is 0 Å². The Morgan fingerprint density at radius 3 is 2.72 bits per heavy atom. The van der Waals surface area contributed by atoms with Crippen molar-refractivity contribution in [2.75, 3.05) is 25.1 Å². The van der Waals surface area contributed by atoms with Crippen LogP contribution in [0.15, 0.2) is 18.2 Å². The number of anilines is 1. The molecule has 1 amide bonds. The summed E-state index contributed by atoms with van der Waals surface area (Å²) in [7, 11) is 0. The molecule has 0 heterocycles. The van der Waals surface area contributed by atoms with Crippen LogP contribution in [0.5, 0.6) is 5.75 Å². The summed E-state index contributed by atoms with van der Waals surface area (Å²) in [5, 5.41) is 20.5. The van der Waals surface area contributed by atoms with Crippen LogP contribution < -0.4 is 11.1 Å². The van der Waals surface area contributed by atoms with Gasteiger partial charge >= 0.3 is 5.97 Å². The van der Waals surface area contributed by atoms with Crippen molar-refractivity contribution >= 4 is 17.6 Å². The lowest BCUT2D eigenvalue weighted by Gasteiger charge is -2.07. The summed E-state index contributed by atoms with van der Waals surface area (Å²) < 4.78 is 4.92. The molecule has 0 aliphatic rings. The number of carboxylic acid groups (broad SMARTS) is 1. The summed E-state index contributed by atoms with van der Waals surface area (Å²) in [5.41, 5.74) is 5.18. The molecule has 0 bridgehead atoms. The number of nitrogens with one attached hydrogen (secondary N) is 1. The Bertz CT molecular complexity index is 447. The third-order valence-electron chi connectivity index (χ3n) is 2.01. The molecule has 0 fully saturated rings. The fraction of sp³-hybridized carbons (Fsp3) is 0.273. The fourth-order valence-electron chi connectivity index (χ4n) is 1.23. The third-order valence-corrected chi connectivity index (χ3v) is 2.01. The van der Waals surface area contributed by atoms with Gasteiger partial charge in [0, 0.05) is 12.2 Å².